The number of oxazole rings is 1. The van der Waals surface area contributed by atoms with Gasteiger partial charge in [0.05, 0.1) is 13.3 Å². The summed E-state index contributed by atoms with van der Waals surface area (Å²) in [7, 11) is 1.42. The van der Waals surface area contributed by atoms with E-state index in [0.717, 1.165) is 37.7 Å². The molecule has 5 nitrogen and oxygen atoms in total. The molecule has 2 aromatic rings. The lowest BCUT2D eigenvalue weighted by Crippen LogP contribution is -2.39. The van der Waals surface area contributed by atoms with Crippen molar-refractivity contribution in [2.24, 2.45) is 0 Å². The normalized spacial score (nSPS) is 17.1. The summed E-state index contributed by atoms with van der Waals surface area (Å²) >= 11 is 0. The van der Waals surface area contributed by atoms with Gasteiger partial charge in [-0.05, 0) is 37.1 Å². The molecular formula is C17H20N2O3. The Balaban J connectivity index is 1.96. The fourth-order valence-electron chi connectivity index (χ4n) is 3.13. The van der Waals surface area contributed by atoms with Gasteiger partial charge in [-0.1, -0.05) is 19.3 Å². The Morgan fingerprint density at radius 2 is 1.91 bits per heavy atom. The van der Waals surface area contributed by atoms with Gasteiger partial charge in [0.1, 0.15) is 5.41 Å². The van der Waals surface area contributed by atoms with Gasteiger partial charge in [0.25, 0.3) is 0 Å². The number of carbonyl (C=O) groups excluding carboxylic acids is 1. The first kappa shape index (κ1) is 14.6. The molecule has 0 bridgehead atoms. The SMILES string of the molecule is COC(=O)C1(c2ncc(-c3ccc(N)cc3)o2)CCCCC1. The van der Waals surface area contributed by atoms with E-state index in [0.29, 0.717) is 17.3 Å². The topological polar surface area (TPSA) is 78.3 Å². The molecule has 1 aliphatic rings. The van der Waals surface area contributed by atoms with Crippen LogP contribution >= 0.6 is 0 Å². The highest BCUT2D eigenvalue weighted by atomic mass is 16.5. The van der Waals surface area contributed by atoms with E-state index in [1.807, 2.05) is 24.3 Å². The molecule has 3 rings (SSSR count). The summed E-state index contributed by atoms with van der Waals surface area (Å²) in [5.41, 5.74) is 6.55. The number of rotatable bonds is 3. The number of ether oxygens (including phenoxy) is 1. The minimum atomic E-state index is -0.737. The van der Waals surface area contributed by atoms with Gasteiger partial charge in [-0.3, -0.25) is 4.79 Å². The second kappa shape index (κ2) is 5.83. The molecule has 1 aromatic heterocycles. The Morgan fingerprint density at radius 1 is 1.23 bits per heavy atom. The summed E-state index contributed by atoms with van der Waals surface area (Å²) in [5.74, 6) is 0.854. The Kier molecular flexibility index (Phi) is 3.88. The van der Waals surface area contributed by atoms with Crippen LogP contribution in [0.4, 0.5) is 5.69 Å². The fraction of sp³-hybridized carbons (Fsp3) is 0.412. The lowest BCUT2D eigenvalue weighted by molar-refractivity contribution is -0.150. The molecule has 22 heavy (non-hydrogen) atoms. The van der Waals surface area contributed by atoms with Crippen LogP contribution in [0.25, 0.3) is 11.3 Å². The number of aromatic nitrogens is 1. The number of hydrogen-bond donors (Lipinski definition) is 1. The molecule has 0 radical (unpaired) electrons. The van der Waals surface area contributed by atoms with Gasteiger partial charge in [0.15, 0.2) is 5.76 Å². The number of nitrogens with zero attached hydrogens (tertiary/aromatic N) is 1. The summed E-state index contributed by atoms with van der Waals surface area (Å²) < 4.78 is 10.9. The zero-order valence-corrected chi connectivity index (χ0v) is 12.7. The molecule has 0 atom stereocenters. The van der Waals surface area contributed by atoms with Crippen LogP contribution in [0.5, 0.6) is 0 Å². The molecule has 0 amide bonds. The Bertz CT molecular complexity index is 655. The highest BCUT2D eigenvalue weighted by Crippen LogP contribution is 2.41. The number of methoxy groups -OCH3 is 1. The molecule has 1 heterocycles. The zero-order valence-electron chi connectivity index (χ0n) is 12.7. The van der Waals surface area contributed by atoms with Crippen LogP contribution in [0, 0.1) is 0 Å². The standard InChI is InChI=1S/C17H20N2O3/c1-21-16(20)17(9-3-2-4-10-17)15-19-11-14(22-15)12-5-7-13(18)8-6-12/h5-8,11H,2-4,9-10,18H2,1H3. The van der Waals surface area contributed by atoms with Gasteiger partial charge >= 0.3 is 5.97 Å². The van der Waals surface area contributed by atoms with Crippen molar-refractivity contribution in [1.82, 2.24) is 4.98 Å². The van der Waals surface area contributed by atoms with E-state index in [9.17, 15) is 4.79 Å². The van der Waals surface area contributed by atoms with Crippen molar-refractivity contribution >= 4 is 11.7 Å². The smallest absolute Gasteiger partial charge is 0.321 e. The number of carbonyl (C=O) groups is 1. The van der Waals surface area contributed by atoms with Crippen LogP contribution in [0.15, 0.2) is 34.9 Å². The van der Waals surface area contributed by atoms with E-state index in [1.54, 1.807) is 6.20 Å². The second-order valence-electron chi connectivity index (χ2n) is 5.79. The summed E-state index contributed by atoms with van der Waals surface area (Å²) in [5, 5.41) is 0. The molecule has 0 aliphatic heterocycles. The van der Waals surface area contributed by atoms with Crippen LogP contribution in [-0.2, 0) is 14.9 Å². The van der Waals surface area contributed by atoms with Gasteiger partial charge < -0.3 is 14.9 Å². The molecule has 2 N–H and O–H groups in total. The monoisotopic (exact) mass is 300 g/mol. The Morgan fingerprint density at radius 3 is 2.55 bits per heavy atom. The Labute approximate surface area is 129 Å². The van der Waals surface area contributed by atoms with Crippen LogP contribution in [-0.4, -0.2) is 18.1 Å². The first-order valence-corrected chi connectivity index (χ1v) is 7.56. The van der Waals surface area contributed by atoms with E-state index >= 15 is 0 Å². The molecule has 0 saturated heterocycles. The van der Waals surface area contributed by atoms with Crippen molar-refractivity contribution < 1.29 is 13.9 Å². The minimum absolute atomic E-state index is 0.252. The largest absolute Gasteiger partial charge is 0.468 e. The van der Waals surface area contributed by atoms with Gasteiger partial charge in [-0.25, -0.2) is 4.98 Å². The van der Waals surface area contributed by atoms with Crippen LogP contribution < -0.4 is 5.73 Å². The van der Waals surface area contributed by atoms with E-state index in [1.165, 1.54) is 7.11 Å². The number of nitrogens with two attached hydrogens (primary N) is 1. The molecule has 0 spiro atoms. The molecule has 1 saturated carbocycles. The molecule has 1 aromatic carbocycles. The minimum Gasteiger partial charge on any atom is -0.468 e. The Hall–Kier alpha value is -2.30. The maximum atomic E-state index is 12.3. The zero-order chi connectivity index (χ0) is 15.6. The number of esters is 1. The predicted molar refractivity (Wildman–Crippen MR) is 83.1 cm³/mol. The third-order valence-electron chi connectivity index (χ3n) is 4.39. The van der Waals surface area contributed by atoms with Crippen molar-refractivity contribution in [3.63, 3.8) is 0 Å². The van der Waals surface area contributed by atoms with Crippen molar-refractivity contribution in [1.29, 1.82) is 0 Å². The number of anilines is 1. The first-order chi connectivity index (χ1) is 10.7. The third kappa shape index (κ3) is 2.47. The molecule has 0 unspecified atom stereocenters. The van der Waals surface area contributed by atoms with Crippen molar-refractivity contribution in [2.45, 2.75) is 37.5 Å². The van der Waals surface area contributed by atoms with Crippen molar-refractivity contribution in [3.05, 3.63) is 36.4 Å². The average Bonchev–Trinajstić information content (AvgIpc) is 3.06. The number of benzene rings is 1. The third-order valence-corrected chi connectivity index (χ3v) is 4.39. The lowest BCUT2D eigenvalue weighted by Gasteiger charge is -2.31. The molecule has 116 valence electrons. The molecule has 5 heteroatoms. The van der Waals surface area contributed by atoms with Gasteiger partial charge in [-0.15, -0.1) is 0 Å². The number of nitrogen functional groups attached to an aromatic ring is 1. The summed E-state index contributed by atoms with van der Waals surface area (Å²) in [4.78, 5) is 16.7. The summed E-state index contributed by atoms with van der Waals surface area (Å²) in [6.45, 7) is 0. The second-order valence-corrected chi connectivity index (χ2v) is 5.79. The van der Waals surface area contributed by atoms with Crippen LogP contribution in [0.1, 0.15) is 38.0 Å². The maximum Gasteiger partial charge on any atom is 0.321 e. The van der Waals surface area contributed by atoms with E-state index in [-0.39, 0.29) is 5.97 Å². The summed E-state index contributed by atoms with van der Waals surface area (Å²) in [6.07, 6.45) is 6.20. The predicted octanol–water partition coefficient (Wildman–Crippen LogP) is 3.30. The van der Waals surface area contributed by atoms with Gasteiger partial charge in [0.2, 0.25) is 5.89 Å². The highest BCUT2D eigenvalue weighted by Gasteiger charge is 2.46. The molecule has 1 aliphatic carbocycles. The van der Waals surface area contributed by atoms with Gasteiger partial charge in [-0.2, -0.15) is 0 Å². The van der Waals surface area contributed by atoms with Crippen LogP contribution in [0.2, 0.25) is 0 Å². The summed E-state index contributed by atoms with van der Waals surface area (Å²) in [6, 6.07) is 7.39. The first-order valence-electron chi connectivity index (χ1n) is 7.56. The fourth-order valence-corrected chi connectivity index (χ4v) is 3.13. The average molecular weight is 300 g/mol. The van der Waals surface area contributed by atoms with Crippen LogP contribution in [0.3, 0.4) is 0 Å². The molecular weight excluding hydrogens is 280 g/mol. The van der Waals surface area contributed by atoms with E-state index < -0.39 is 5.41 Å². The van der Waals surface area contributed by atoms with Crippen molar-refractivity contribution in [3.8, 4) is 11.3 Å². The highest BCUT2D eigenvalue weighted by molar-refractivity contribution is 5.82. The van der Waals surface area contributed by atoms with Crippen molar-refractivity contribution in [2.75, 3.05) is 12.8 Å². The van der Waals surface area contributed by atoms with E-state index in [2.05, 4.69) is 4.98 Å². The van der Waals surface area contributed by atoms with E-state index in [4.69, 9.17) is 14.9 Å². The van der Waals surface area contributed by atoms with Gasteiger partial charge in [0, 0.05) is 11.3 Å². The lowest BCUT2D eigenvalue weighted by atomic mass is 9.74. The molecule has 1 fully saturated rings. The number of hydrogen-bond acceptors (Lipinski definition) is 5. The maximum absolute atomic E-state index is 12.3. The quantitative estimate of drug-likeness (QED) is 0.695.